The van der Waals surface area contributed by atoms with Crippen molar-refractivity contribution in [2.45, 2.75) is 12.7 Å². The monoisotopic (exact) mass is 316 g/mol. The van der Waals surface area contributed by atoms with E-state index in [1.807, 2.05) is 61.5 Å². The molecule has 5 heteroatoms. The molecule has 1 amide bonds. The van der Waals surface area contributed by atoms with Crippen LogP contribution in [0.15, 0.2) is 59.7 Å². The van der Waals surface area contributed by atoms with Crippen LogP contribution < -0.4 is 5.43 Å². The second-order valence-electron chi connectivity index (χ2n) is 4.40. The van der Waals surface area contributed by atoms with Crippen LogP contribution in [-0.4, -0.2) is 11.5 Å². The van der Waals surface area contributed by atoms with Crippen molar-refractivity contribution in [3.05, 3.63) is 71.3 Å². The summed E-state index contributed by atoms with van der Waals surface area (Å²) in [6.07, 6.45) is 1.64. The average Bonchev–Trinajstić information content (AvgIpc) is 2.50. The van der Waals surface area contributed by atoms with E-state index in [0.717, 1.165) is 22.1 Å². The van der Waals surface area contributed by atoms with Crippen LogP contribution in [0.2, 0.25) is 0 Å². The Labute approximate surface area is 132 Å². The van der Waals surface area contributed by atoms with Gasteiger partial charge in [0.1, 0.15) is 0 Å². The third-order valence-corrected chi connectivity index (χ3v) is 4.62. The van der Waals surface area contributed by atoms with Crippen molar-refractivity contribution in [2.75, 3.05) is 0 Å². The first-order valence-corrected chi connectivity index (χ1v) is 8.79. The zero-order chi connectivity index (χ0) is 14.9. The number of hydrazone groups is 1. The summed E-state index contributed by atoms with van der Waals surface area (Å²) in [5.41, 5.74) is 5.86. The first-order valence-electron chi connectivity index (χ1n) is 6.47. The van der Waals surface area contributed by atoms with E-state index in [0.29, 0.717) is 0 Å². The molecule has 2 aromatic rings. The van der Waals surface area contributed by atoms with Gasteiger partial charge in [-0.3, -0.25) is 4.79 Å². The van der Waals surface area contributed by atoms with Crippen LogP contribution in [0.3, 0.4) is 0 Å². The van der Waals surface area contributed by atoms with Crippen molar-refractivity contribution in [2.24, 2.45) is 5.10 Å². The highest BCUT2D eigenvalue weighted by Crippen LogP contribution is 2.26. The maximum absolute atomic E-state index is 11.6. The number of nitrogens with one attached hydrogen (secondary N) is 1. The minimum atomic E-state index is -0.167. The van der Waals surface area contributed by atoms with Crippen molar-refractivity contribution in [1.82, 2.24) is 5.43 Å². The lowest BCUT2D eigenvalue weighted by Crippen LogP contribution is -2.10. The number of benzene rings is 2. The minimum Gasteiger partial charge on any atom is -0.259 e. The van der Waals surface area contributed by atoms with Gasteiger partial charge >= 0.3 is 5.24 Å². The summed E-state index contributed by atoms with van der Waals surface area (Å²) >= 11 is 0. The van der Waals surface area contributed by atoms with Crippen LogP contribution in [0.1, 0.15) is 16.7 Å². The van der Waals surface area contributed by atoms with Gasteiger partial charge in [0.2, 0.25) is 0 Å². The number of hydrogen-bond acceptors (Lipinski definition) is 4. The Kier molecular flexibility index (Phi) is 6.37. The molecule has 108 valence electrons. The normalized spacial score (nSPS) is 10.7. The number of nitrogens with zero attached hydrogens (tertiary/aromatic N) is 1. The highest BCUT2D eigenvalue weighted by atomic mass is 33.1. The third-order valence-electron chi connectivity index (χ3n) is 2.65. The van der Waals surface area contributed by atoms with Gasteiger partial charge in [0, 0.05) is 16.5 Å². The summed E-state index contributed by atoms with van der Waals surface area (Å²) in [6.45, 7) is 2.03. The van der Waals surface area contributed by atoms with Gasteiger partial charge in [-0.25, -0.2) is 5.43 Å². The second-order valence-corrected chi connectivity index (χ2v) is 6.67. The first-order chi connectivity index (χ1) is 10.2. The van der Waals surface area contributed by atoms with E-state index in [4.69, 9.17) is 0 Å². The molecule has 0 spiro atoms. The Bertz CT molecular complexity index is 597. The first kappa shape index (κ1) is 15.7. The fraction of sp³-hybridized carbons (Fsp3) is 0.125. The third kappa shape index (κ3) is 6.06. The molecule has 0 saturated carbocycles. The summed E-state index contributed by atoms with van der Waals surface area (Å²) in [6, 6.07) is 18.0. The average molecular weight is 316 g/mol. The topological polar surface area (TPSA) is 41.5 Å². The number of carbonyl (C=O) groups is 1. The van der Waals surface area contributed by atoms with Crippen molar-refractivity contribution >= 4 is 33.0 Å². The molecule has 0 aliphatic heterocycles. The molecule has 0 unspecified atom stereocenters. The van der Waals surface area contributed by atoms with Crippen LogP contribution in [0, 0.1) is 6.92 Å². The second kappa shape index (κ2) is 8.54. The Morgan fingerprint density at radius 3 is 2.57 bits per heavy atom. The number of rotatable bonds is 5. The highest BCUT2D eigenvalue weighted by Gasteiger charge is 2.01. The highest BCUT2D eigenvalue weighted by molar-refractivity contribution is 8.81. The van der Waals surface area contributed by atoms with Gasteiger partial charge in [-0.2, -0.15) is 5.10 Å². The molecule has 0 radical (unpaired) electrons. The van der Waals surface area contributed by atoms with Crippen molar-refractivity contribution in [3.8, 4) is 0 Å². The quantitative estimate of drug-likeness (QED) is 0.497. The fourth-order valence-corrected chi connectivity index (χ4v) is 3.16. The van der Waals surface area contributed by atoms with Crippen molar-refractivity contribution in [1.29, 1.82) is 0 Å². The van der Waals surface area contributed by atoms with E-state index in [1.165, 1.54) is 21.9 Å². The molecule has 0 bridgehead atoms. The predicted octanol–water partition coefficient (Wildman–Crippen LogP) is 4.62. The maximum atomic E-state index is 11.6. The number of aryl methyl sites for hydroxylation is 1. The molecular formula is C16H16N2OS2. The van der Waals surface area contributed by atoms with Gasteiger partial charge in [0.25, 0.3) is 0 Å². The molecule has 0 saturated heterocycles. The molecule has 2 aromatic carbocycles. The van der Waals surface area contributed by atoms with Crippen LogP contribution in [-0.2, 0) is 5.75 Å². The van der Waals surface area contributed by atoms with Crippen LogP contribution in [0.5, 0.6) is 0 Å². The SMILES string of the molecule is Cc1ccc(/C=N/NC(=O)SSCc2ccccc2)cc1. The predicted molar refractivity (Wildman–Crippen MR) is 92.6 cm³/mol. The Balaban J connectivity index is 1.69. The van der Waals surface area contributed by atoms with E-state index < -0.39 is 0 Å². The molecule has 0 atom stereocenters. The van der Waals surface area contributed by atoms with E-state index in [9.17, 15) is 4.79 Å². The maximum Gasteiger partial charge on any atom is 0.309 e. The molecule has 0 heterocycles. The summed E-state index contributed by atoms with van der Waals surface area (Å²) < 4.78 is 0. The van der Waals surface area contributed by atoms with Crippen LogP contribution in [0.4, 0.5) is 4.79 Å². The fourth-order valence-electron chi connectivity index (χ4n) is 1.56. The number of hydrogen-bond donors (Lipinski definition) is 1. The molecule has 0 aliphatic carbocycles. The standard InChI is InChI=1S/C16H16N2OS2/c1-13-7-9-14(10-8-13)11-17-18-16(19)21-20-12-15-5-3-2-4-6-15/h2-11H,12H2,1H3,(H,18,19)/b17-11+. The summed E-state index contributed by atoms with van der Waals surface area (Å²) in [4.78, 5) is 11.6. The molecule has 0 aliphatic rings. The minimum absolute atomic E-state index is 0.167. The van der Waals surface area contributed by atoms with E-state index in [1.54, 1.807) is 6.21 Å². The van der Waals surface area contributed by atoms with Gasteiger partial charge in [0.15, 0.2) is 0 Å². The molecule has 1 N–H and O–H groups in total. The van der Waals surface area contributed by atoms with Gasteiger partial charge in [-0.05, 0) is 18.1 Å². The molecule has 3 nitrogen and oxygen atoms in total. The molecule has 0 aromatic heterocycles. The Morgan fingerprint density at radius 2 is 1.86 bits per heavy atom. The van der Waals surface area contributed by atoms with E-state index >= 15 is 0 Å². The molecule has 2 rings (SSSR count). The van der Waals surface area contributed by atoms with E-state index in [-0.39, 0.29) is 5.24 Å². The summed E-state index contributed by atoms with van der Waals surface area (Å²) in [5.74, 6) is 0.792. The lowest BCUT2D eigenvalue weighted by Gasteiger charge is -2.00. The van der Waals surface area contributed by atoms with Crippen molar-refractivity contribution in [3.63, 3.8) is 0 Å². The van der Waals surface area contributed by atoms with Gasteiger partial charge in [-0.15, -0.1) is 0 Å². The zero-order valence-corrected chi connectivity index (χ0v) is 13.3. The lowest BCUT2D eigenvalue weighted by molar-refractivity contribution is 0.261. The molecule has 0 fully saturated rings. The number of amides is 1. The van der Waals surface area contributed by atoms with Crippen molar-refractivity contribution < 1.29 is 4.79 Å². The largest absolute Gasteiger partial charge is 0.309 e. The van der Waals surface area contributed by atoms with Crippen LogP contribution in [0.25, 0.3) is 0 Å². The lowest BCUT2D eigenvalue weighted by atomic mass is 10.2. The van der Waals surface area contributed by atoms with Gasteiger partial charge in [0.05, 0.1) is 6.21 Å². The molecule has 21 heavy (non-hydrogen) atoms. The van der Waals surface area contributed by atoms with E-state index in [2.05, 4.69) is 10.5 Å². The molecular weight excluding hydrogens is 300 g/mol. The smallest absolute Gasteiger partial charge is 0.259 e. The van der Waals surface area contributed by atoms with Crippen LogP contribution >= 0.6 is 21.6 Å². The Hall–Kier alpha value is -1.72. The van der Waals surface area contributed by atoms with Gasteiger partial charge < -0.3 is 0 Å². The Morgan fingerprint density at radius 1 is 1.14 bits per heavy atom. The summed E-state index contributed by atoms with van der Waals surface area (Å²) in [5, 5.41) is 3.77. The summed E-state index contributed by atoms with van der Waals surface area (Å²) in [7, 11) is 2.66. The number of carbonyl (C=O) groups excluding carboxylic acids is 1. The van der Waals surface area contributed by atoms with Gasteiger partial charge in [-0.1, -0.05) is 71.0 Å². The zero-order valence-electron chi connectivity index (χ0n) is 11.7.